The van der Waals surface area contributed by atoms with Gasteiger partial charge in [0.25, 0.3) is 0 Å². The van der Waals surface area contributed by atoms with Crippen molar-refractivity contribution in [2.75, 3.05) is 32.9 Å². The Morgan fingerprint density at radius 2 is 1.88 bits per heavy atom. The summed E-state index contributed by atoms with van der Waals surface area (Å²) in [5, 5.41) is 7.29. The summed E-state index contributed by atoms with van der Waals surface area (Å²) in [7, 11) is -3.52. The normalized spacial score (nSPS) is 26.9. The van der Waals surface area contributed by atoms with Crippen LogP contribution >= 0.6 is 11.8 Å². The van der Waals surface area contributed by atoms with Crippen LogP contribution in [0.3, 0.4) is 0 Å². The maximum absolute atomic E-state index is 12.6. The van der Waals surface area contributed by atoms with E-state index in [9.17, 15) is 21.6 Å². The lowest BCUT2D eigenvalue weighted by Crippen LogP contribution is -2.48. The largest absolute Gasteiger partial charge is 0.511 e. The number of piperidine rings is 1. The second kappa shape index (κ2) is 9.01. The molecule has 1 heterocycles. The summed E-state index contributed by atoms with van der Waals surface area (Å²) >= 11 is 1.88. The number of sulfonamides is 1. The average molecular weight is 417 g/mol. The van der Waals surface area contributed by atoms with E-state index < -0.39 is 15.5 Å². The lowest BCUT2D eigenvalue weighted by molar-refractivity contribution is -0.0496. The van der Waals surface area contributed by atoms with Crippen LogP contribution in [0, 0.1) is 5.92 Å². The molecule has 0 aromatic carbocycles. The Balaban J connectivity index is 1.75. The van der Waals surface area contributed by atoms with Gasteiger partial charge in [-0.15, -0.1) is 0 Å². The first-order valence-electron chi connectivity index (χ1n) is 8.73. The predicted molar refractivity (Wildman–Crippen MR) is 98.7 cm³/mol. The number of guanidine groups is 1. The fourth-order valence-corrected chi connectivity index (χ4v) is 5.20. The third-order valence-electron chi connectivity index (χ3n) is 5.05. The molecule has 0 aromatic heterocycles. The maximum Gasteiger partial charge on any atom is 0.511 e. The van der Waals surface area contributed by atoms with Gasteiger partial charge in [0.2, 0.25) is 0 Å². The van der Waals surface area contributed by atoms with Crippen molar-refractivity contribution in [3.05, 3.63) is 0 Å². The van der Waals surface area contributed by atoms with Gasteiger partial charge < -0.3 is 10.6 Å². The topological polar surface area (TPSA) is 73.8 Å². The van der Waals surface area contributed by atoms with Gasteiger partial charge in [-0.25, -0.2) is 8.42 Å². The van der Waals surface area contributed by atoms with Crippen molar-refractivity contribution in [3.8, 4) is 0 Å². The molecule has 0 spiro atoms. The molecule has 2 rings (SSSR count). The average Bonchev–Trinajstić information content (AvgIpc) is 3.05. The SMILES string of the molecule is CN=C(NCC1CCN(S(=O)(=O)C(F)(F)F)CC1)NC1CCC(SC)C1. The molecular weight excluding hydrogens is 389 g/mol. The van der Waals surface area contributed by atoms with Crippen LogP contribution in [-0.4, -0.2) is 68.4 Å². The summed E-state index contributed by atoms with van der Waals surface area (Å²) < 4.78 is 61.2. The van der Waals surface area contributed by atoms with E-state index in [1.54, 1.807) is 7.05 Å². The second-order valence-corrected chi connectivity index (χ2v) is 9.83. The van der Waals surface area contributed by atoms with Crippen molar-refractivity contribution in [1.29, 1.82) is 0 Å². The molecule has 2 fully saturated rings. The Morgan fingerprint density at radius 1 is 1.23 bits per heavy atom. The van der Waals surface area contributed by atoms with Crippen molar-refractivity contribution in [2.45, 2.75) is 48.9 Å². The summed E-state index contributed by atoms with van der Waals surface area (Å²) in [4.78, 5) is 4.21. The zero-order chi connectivity index (χ0) is 19.4. The highest BCUT2D eigenvalue weighted by Crippen LogP contribution is 2.30. The van der Waals surface area contributed by atoms with Crippen LogP contribution in [0.1, 0.15) is 32.1 Å². The molecule has 6 nitrogen and oxygen atoms in total. The third-order valence-corrected chi connectivity index (χ3v) is 7.77. The van der Waals surface area contributed by atoms with Crippen LogP contribution in [0.5, 0.6) is 0 Å². The van der Waals surface area contributed by atoms with E-state index in [1.807, 2.05) is 11.8 Å². The summed E-state index contributed by atoms with van der Waals surface area (Å²) in [6.07, 6.45) is 6.29. The van der Waals surface area contributed by atoms with E-state index in [1.165, 1.54) is 6.42 Å². The molecule has 152 valence electrons. The van der Waals surface area contributed by atoms with Crippen LogP contribution in [0.2, 0.25) is 0 Å². The van der Waals surface area contributed by atoms with E-state index in [2.05, 4.69) is 21.9 Å². The molecule has 26 heavy (non-hydrogen) atoms. The van der Waals surface area contributed by atoms with Crippen LogP contribution in [0.25, 0.3) is 0 Å². The van der Waals surface area contributed by atoms with Crippen molar-refractivity contribution in [1.82, 2.24) is 14.9 Å². The number of hydrogen-bond acceptors (Lipinski definition) is 4. The van der Waals surface area contributed by atoms with Crippen molar-refractivity contribution in [2.24, 2.45) is 10.9 Å². The van der Waals surface area contributed by atoms with Crippen molar-refractivity contribution in [3.63, 3.8) is 0 Å². The van der Waals surface area contributed by atoms with Crippen LogP contribution in [-0.2, 0) is 10.0 Å². The maximum atomic E-state index is 12.6. The molecular formula is C15H27F3N4O2S2. The van der Waals surface area contributed by atoms with Gasteiger partial charge in [0.1, 0.15) is 0 Å². The number of nitrogens with zero attached hydrogens (tertiary/aromatic N) is 2. The van der Waals surface area contributed by atoms with Gasteiger partial charge in [-0.2, -0.15) is 29.2 Å². The van der Waals surface area contributed by atoms with Gasteiger partial charge in [0.15, 0.2) is 5.96 Å². The fourth-order valence-electron chi connectivity index (χ4n) is 3.41. The molecule has 2 atom stereocenters. The van der Waals surface area contributed by atoms with Crippen LogP contribution in [0.15, 0.2) is 4.99 Å². The van der Waals surface area contributed by atoms with E-state index >= 15 is 0 Å². The van der Waals surface area contributed by atoms with Crippen molar-refractivity contribution >= 4 is 27.7 Å². The van der Waals surface area contributed by atoms with Gasteiger partial charge in [-0.3, -0.25) is 4.99 Å². The summed E-state index contributed by atoms with van der Waals surface area (Å²) in [5.74, 6) is 0.817. The predicted octanol–water partition coefficient (Wildman–Crippen LogP) is 2.00. The molecule has 0 amide bonds. The Morgan fingerprint density at radius 3 is 2.38 bits per heavy atom. The van der Waals surface area contributed by atoms with E-state index in [0.717, 1.165) is 12.8 Å². The van der Waals surface area contributed by atoms with Gasteiger partial charge in [-0.05, 0) is 44.3 Å². The minimum absolute atomic E-state index is 0.0990. The molecule has 1 saturated carbocycles. The first-order valence-corrected chi connectivity index (χ1v) is 11.5. The first kappa shape index (κ1) is 21.6. The van der Waals surface area contributed by atoms with Crippen molar-refractivity contribution < 1.29 is 21.6 Å². The number of nitrogens with one attached hydrogen (secondary N) is 2. The number of thioether (sulfide) groups is 1. The summed E-state index contributed by atoms with van der Waals surface area (Å²) in [5.41, 5.74) is -5.22. The molecule has 11 heteroatoms. The molecule has 2 unspecified atom stereocenters. The minimum atomic E-state index is -5.22. The highest BCUT2D eigenvalue weighted by atomic mass is 32.2. The molecule has 0 radical (unpaired) electrons. The summed E-state index contributed by atoms with van der Waals surface area (Å²) in [6, 6.07) is 0.387. The highest BCUT2D eigenvalue weighted by molar-refractivity contribution is 7.99. The van der Waals surface area contributed by atoms with Gasteiger partial charge in [0, 0.05) is 38.0 Å². The van der Waals surface area contributed by atoms with E-state index in [-0.39, 0.29) is 19.0 Å². The Hall–Kier alpha value is -0.680. The zero-order valence-corrected chi connectivity index (χ0v) is 16.7. The fraction of sp³-hybridized carbons (Fsp3) is 0.933. The number of alkyl halides is 3. The van der Waals surface area contributed by atoms with Crippen LogP contribution in [0.4, 0.5) is 13.2 Å². The highest BCUT2D eigenvalue weighted by Gasteiger charge is 2.50. The monoisotopic (exact) mass is 416 g/mol. The smallest absolute Gasteiger partial charge is 0.356 e. The lowest BCUT2D eigenvalue weighted by atomic mass is 9.98. The molecule has 1 saturated heterocycles. The third kappa shape index (κ3) is 5.41. The Labute approximate surface area is 157 Å². The van der Waals surface area contributed by atoms with E-state index in [0.29, 0.717) is 40.9 Å². The molecule has 0 bridgehead atoms. The number of rotatable bonds is 5. The number of hydrogen-bond donors (Lipinski definition) is 2. The van der Waals surface area contributed by atoms with Gasteiger partial charge >= 0.3 is 15.5 Å². The summed E-state index contributed by atoms with van der Waals surface area (Å²) in [6.45, 7) is 0.370. The zero-order valence-electron chi connectivity index (χ0n) is 15.1. The quantitative estimate of drug-likeness (QED) is 0.530. The minimum Gasteiger partial charge on any atom is -0.356 e. The number of aliphatic imine (C=N–C) groups is 1. The van der Waals surface area contributed by atoms with Gasteiger partial charge in [0.05, 0.1) is 0 Å². The molecule has 1 aliphatic carbocycles. The second-order valence-electron chi connectivity index (χ2n) is 6.76. The Kier molecular flexibility index (Phi) is 7.49. The van der Waals surface area contributed by atoms with E-state index in [4.69, 9.17) is 0 Å². The standard InChI is InChI=1S/C15H27F3N4O2S2/c1-19-14(21-12-3-4-13(9-12)25-2)20-10-11-5-7-22(8-6-11)26(23,24)15(16,17)18/h11-13H,3-10H2,1-2H3,(H2,19,20,21). The Bertz CT molecular complexity index is 590. The van der Waals surface area contributed by atoms with Crippen LogP contribution < -0.4 is 10.6 Å². The molecule has 1 aliphatic heterocycles. The molecule has 0 aromatic rings. The molecule has 2 aliphatic rings. The number of halogens is 3. The first-order chi connectivity index (χ1) is 12.2. The van der Waals surface area contributed by atoms with Gasteiger partial charge in [-0.1, -0.05) is 0 Å². The lowest BCUT2D eigenvalue weighted by Gasteiger charge is -2.32. The molecule has 2 N–H and O–H groups in total.